The SMILES string of the molecule is Nc1nc(N2CCC(N)C2)sc1C(=O)NCc1cncs1. The first-order valence-electron chi connectivity index (χ1n) is 6.56. The van der Waals surface area contributed by atoms with Gasteiger partial charge in [-0.05, 0) is 6.42 Å². The molecule has 7 nitrogen and oxygen atoms in total. The third-order valence-electron chi connectivity index (χ3n) is 3.25. The Morgan fingerprint density at radius 2 is 2.43 bits per heavy atom. The minimum absolute atomic E-state index is 0.165. The van der Waals surface area contributed by atoms with E-state index in [0.29, 0.717) is 11.4 Å². The van der Waals surface area contributed by atoms with E-state index in [1.807, 2.05) is 0 Å². The number of carbonyl (C=O) groups is 1. The fraction of sp³-hybridized carbons (Fsp3) is 0.417. The molecule has 1 atom stereocenters. The standard InChI is InChI=1S/C12H16N6OS2/c13-7-1-2-18(5-7)12-17-10(14)9(21-12)11(19)16-4-8-3-15-6-20-8/h3,6-7H,1-2,4-5,13-14H2,(H,16,19). The van der Waals surface area contributed by atoms with Crippen LogP contribution in [-0.2, 0) is 6.54 Å². The second-order valence-electron chi connectivity index (χ2n) is 4.86. The number of rotatable bonds is 4. The number of amides is 1. The molecule has 3 rings (SSSR count). The van der Waals surface area contributed by atoms with Crippen LogP contribution in [-0.4, -0.2) is 35.0 Å². The van der Waals surface area contributed by atoms with Crippen LogP contribution in [0.15, 0.2) is 11.7 Å². The van der Waals surface area contributed by atoms with Crippen LogP contribution < -0.4 is 21.7 Å². The molecule has 1 fully saturated rings. The third-order valence-corrected chi connectivity index (χ3v) is 5.16. The van der Waals surface area contributed by atoms with Crippen LogP contribution in [0.3, 0.4) is 0 Å². The van der Waals surface area contributed by atoms with Gasteiger partial charge in [0.15, 0.2) is 5.13 Å². The molecule has 1 unspecified atom stereocenters. The molecule has 3 heterocycles. The summed E-state index contributed by atoms with van der Waals surface area (Å²) in [6.45, 7) is 2.07. The Kier molecular flexibility index (Phi) is 4.04. The normalized spacial score (nSPS) is 18.1. The number of anilines is 2. The minimum Gasteiger partial charge on any atom is -0.382 e. The molecular weight excluding hydrogens is 308 g/mol. The van der Waals surface area contributed by atoms with Crippen LogP contribution in [0.1, 0.15) is 21.0 Å². The van der Waals surface area contributed by atoms with E-state index < -0.39 is 0 Å². The molecule has 1 saturated heterocycles. The van der Waals surface area contributed by atoms with Gasteiger partial charge in [-0.25, -0.2) is 4.98 Å². The number of nitrogens with one attached hydrogen (secondary N) is 1. The van der Waals surface area contributed by atoms with Crippen molar-refractivity contribution in [3.63, 3.8) is 0 Å². The molecule has 0 radical (unpaired) electrons. The van der Waals surface area contributed by atoms with Crippen molar-refractivity contribution in [3.8, 4) is 0 Å². The zero-order valence-electron chi connectivity index (χ0n) is 11.3. The van der Waals surface area contributed by atoms with Gasteiger partial charge in [-0.1, -0.05) is 11.3 Å². The lowest BCUT2D eigenvalue weighted by Crippen LogP contribution is -2.26. The molecule has 0 aliphatic carbocycles. The maximum Gasteiger partial charge on any atom is 0.265 e. The van der Waals surface area contributed by atoms with Gasteiger partial charge in [-0.2, -0.15) is 0 Å². The number of hydrogen-bond acceptors (Lipinski definition) is 8. The van der Waals surface area contributed by atoms with Crippen molar-refractivity contribution in [2.75, 3.05) is 23.7 Å². The first-order chi connectivity index (χ1) is 10.1. The highest BCUT2D eigenvalue weighted by Crippen LogP contribution is 2.30. The number of nitrogen functional groups attached to an aromatic ring is 1. The average molecular weight is 324 g/mol. The maximum absolute atomic E-state index is 12.2. The van der Waals surface area contributed by atoms with E-state index in [2.05, 4.69) is 20.2 Å². The van der Waals surface area contributed by atoms with Gasteiger partial charge >= 0.3 is 0 Å². The molecule has 0 aromatic carbocycles. The fourth-order valence-electron chi connectivity index (χ4n) is 2.16. The quantitative estimate of drug-likeness (QED) is 0.761. The van der Waals surface area contributed by atoms with Crippen LogP contribution in [0.4, 0.5) is 10.9 Å². The van der Waals surface area contributed by atoms with Gasteiger partial charge in [-0.3, -0.25) is 9.78 Å². The van der Waals surface area contributed by atoms with Crippen molar-refractivity contribution >= 4 is 39.5 Å². The molecule has 1 aliphatic heterocycles. The molecule has 1 amide bonds. The predicted octanol–water partition coefficient (Wildman–Crippen LogP) is 0.649. The van der Waals surface area contributed by atoms with Crippen molar-refractivity contribution < 1.29 is 4.79 Å². The summed E-state index contributed by atoms with van der Waals surface area (Å²) in [5.41, 5.74) is 13.5. The summed E-state index contributed by atoms with van der Waals surface area (Å²) in [7, 11) is 0. The van der Waals surface area contributed by atoms with Crippen LogP contribution in [0.5, 0.6) is 0 Å². The Morgan fingerprint density at radius 3 is 3.10 bits per heavy atom. The molecule has 21 heavy (non-hydrogen) atoms. The Hall–Kier alpha value is -1.71. The maximum atomic E-state index is 12.2. The average Bonchev–Trinajstić information content (AvgIpc) is 3.16. The topological polar surface area (TPSA) is 110 Å². The second-order valence-corrected chi connectivity index (χ2v) is 6.80. The molecule has 112 valence electrons. The number of nitrogens with zero attached hydrogens (tertiary/aromatic N) is 3. The fourth-order valence-corrected chi connectivity index (χ4v) is 3.63. The summed E-state index contributed by atoms with van der Waals surface area (Å²) in [4.78, 5) is 24.0. The first-order valence-corrected chi connectivity index (χ1v) is 8.25. The van der Waals surface area contributed by atoms with E-state index in [9.17, 15) is 4.79 Å². The number of aromatic nitrogens is 2. The Bertz CT molecular complexity index is 626. The number of carbonyl (C=O) groups excluding carboxylic acids is 1. The highest BCUT2D eigenvalue weighted by atomic mass is 32.1. The van der Waals surface area contributed by atoms with E-state index >= 15 is 0 Å². The van der Waals surface area contributed by atoms with Gasteiger partial charge in [0, 0.05) is 30.2 Å². The molecule has 2 aromatic rings. The van der Waals surface area contributed by atoms with E-state index in [-0.39, 0.29) is 17.8 Å². The lowest BCUT2D eigenvalue weighted by molar-refractivity contribution is 0.0956. The van der Waals surface area contributed by atoms with E-state index in [0.717, 1.165) is 29.5 Å². The third kappa shape index (κ3) is 3.14. The summed E-state index contributed by atoms with van der Waals surface area (Å²) in [6, 6.07) is 0.165. The van der Waals surface area contributed by atoms with Gasteiger partial charge in [0.25, 0.3) is 5.91 Å². The summed E-state index contributed by atoms with van der Waals surface area (Å²) < 4.78 is 0. The van der Waals surface area contributed by atoms with Crippen LogP contribution in [0, 0.1) is 0 Å². The smallest absolute Gasteiger partial charge is 0.265 e. The summed E-state index contributed by atoms with van der Waals surface area (Å²) >= 11 is 2.81. The Balaban J connectivity index is 1.67. The monoisotopic (exact) mass is 324 g/mol. The first kappa shape index (κ1) is 14.2. The highest BCUT2D eigenvalue weighted by Gasteiger charge is 2.24. The highest BCUT2D eigenvalue weighted by molar-refractivity contribution is 7.18. The molecule has 0 bridgehead atoms. The molecular formula is C12H16N6OS2. The van der Waals surface area contributed by atoms with E-state index in [1.165, 1.54) is 22.7 Å². The number of nitrogens with two attached hydrogens (primary N) is 2. The van der Waals surface area contributed by atoms with Crippen molar-refractivity contribution in [1.82, 2.24) is 15.3 Å². The molecule has 1 aliphatic rings. The lowest BCUT2D eigenvalue weighted by atomic mass is 10.3. The summed E-state index contributed by atoms with van der Waals surface area (Å²) in [5, 5.41) is 3.60. The molecule has 0 spiro atoms. The number of hydrogen-bond donors (Lipinski definition) is 3. The predicted molar refractivity (Wildman–Crippen MR) is 84.6 cm³/mol. The molecule has 0 saturated carbocycles. The van der Waals surface area contributed by atoms with Gasteiger partial charge in [0.1, 0.15) is 10.7 Å². The van der Waals surface area contributed by atoms with E-state index in [4.69, 9.17) is 11.5 Å². The van der Waals surface area contributed by atoms with Crippen molar-refractivity contribution in [2.24, 2.45) is 5.73 Å². The Labute approximate surface area is 130 Å². The van der Waals surface area contributed by atoms with Crippen molar-refractivity contribution in [2.45, 2.75) is 19.0 Å². The van der Waals surface area contributed by atoms with Gasteiger partial charge in [-0.15, -0.1) is 11.3 Å². The number of thiazole rings is 2. The molecule has 5 N–H and O–H groups in total. The lowest BCUT2D eigenvalue weighted by Gasteiger charge is -2.12. The van der Waals surface area contributed by atoms with Crippen molar-refractivity contribution in [3.05, 3.63) is 21.5 Å². The van der Waals surface area contributed by atoms with Gasteiger partial charge < -0.3 is 21.7 Å². The Morgan fingerprint density at radius 1 is 1.57 bits per heavy atom. The van der Waals surface area contributed by atoms with Crippen LogP contribution >= 0.6 is 22.7 Å². The van der Waals surface area contributed by atoms with Crippen LogP contribution in [0.25, 0.3) is 0 Å². The summed E-state index contributed by atoms with van der Waals surface area (Å²) in [6.07, 6.45) is 2.67. The largest absolute Gasteiger partial charge is 0.382 e. The second kappa shape index (κ2) is 5.96. The van der Waals surface area contributed by atoms with E-state index in [1.54, 1.807) is 11.7 Å². The van der Waals surface area contributed by atoms with Crippen molar-refractivity contribution in [1.29, 1.82) is 0 Å². The molecule has 9 heteroatoms. The summed E-state index contributed by atoms with van der Waals surface area (Å²) in [5.74, 6) is 0.0745. The van der Waals surface area contributed by atoms with Gasteiger partial charge in [0.2, 0.25) is 0 Å². The zero-order chi connectivity index (χ0) is 14.8. The zero-order valence-corrected chi connectivity index (χ0v) is 12.9. The minimum atomic E-state index is -0.201. The van der Waals surface area contributed by atoms with Crippen LogP contribution in [0.2, 0.25) is 0 Å². The molecule has 2 aromatic heterocycles. The van der Waals surface area contributed by atoms with Gasteiger partial charge in [0.05, 0.1) is 12.1 Å².